The van der Waals surface area contributed by atoms with Crippen LogP contribution in [0.2, 0.25) is 10.2 Å². The van der Waals surface area contributed by atoms with Gasteiger partial charge in [0, 0.05) is 24.3 Å². The third-order valence-electron chi connectivity index (χ3n) is 3.28. The summed E-state index contributed by atoms with van der Waals surface area (Å²) in [5.74, 6) is 0. The largest absolute Gasteiger partial charge is 0.244 e. The zero-order valence-electron chi connectivity index (χ0n) is 11.5. The number of rotatable bonds is 4. The summed E-state index contributed by atoms with van der Waals surface area (Å²) in [6.45, 7) is 1.78. The number of halogens is 2. The number of pyridine rings is 1. The first-order valence-corrected chi connectivity index (χ1v) is 8.37. The summed E-state index contributed by atoms with van der Waals surface area (Å²) in [7, 11) is -2.15. The molecule has 4 nitrogen and oxygen atoms in total. The fourth-order valence-corrected chi connectivity index (χ4v) is 3.59. The molecule has 0 fully saturated rings. The summed E-state index contributed by atoms with van der Waals surface area (Å²) in [6, 6.07) is 9.64. The van der Waals surface area contributed by atoms with Crippen molar-refractivity contribution in [2.75, 3.05) is 7.05 Å². The lowest BCUT2D eigenvalue weighted by atomic mass is 10.1. The van der Waals surface area contributed by atoms with Crippen molar-refractivity contribution in [3.05, 3.63) is 58.3 Å². The second-order valence-corrected chi connectivity index (χ2v) is 7.33. The van der Waals surface area contributed by atoms with Crippen molar-refractivity contribution in [3.8, 4) is 0 Å². The van der Waals surface area contributed by atoms with Gasteiger partial charge in [-0.1, -0.05) is 41.4 Å². The van der Waals surface area contributed by atoms with Gasteiger partial charge in [0.25, 0.3) is 0 Å². The maximum atomic E-state index is 12.6. The van der Waals surface area contributed by atoms with Gasteiger partial charge in [-0.2, -0.15) is 4.31 Å². The molecule has 2 aromatic rings. The van der Waals surface area contributed by atoms with Crippen LogP contribution in [0.3, 0.4) is 0 Å². The van der Waals surface area contributed by atoms with Crippen LogP contribution in [0.5, 0.6) is 0 Å². The Morgan fingerprint density at radius 3 is 2.38 bits per heavy atom. The highest BCUT2D eigenvalue weighted by Crippen LogP contribution is 2.30. The van der Waals surface area contributed by atoms with E-state index in [9.17, 15) is 8.42 Å². The molecule has 0 aliphatic rings. The predicted molar refractivity (Wildman–Crippen MR) is 84.1 cm³/mol. The zero-order valence-corrected chi connectivity index (χ0v) is 13.8. The average Bonchev–Trinajstić information content (AvgIpc) is 2.46. The van der Waals surface area contributed by atoms with Crippen molar-refractivity contribution in [1.29, 1.82) is 0 Å². The zero-order chi connectivity index (χ0) is 15.6. The second-order valence-electron chi connectivity index (χ2n) is 4.54. The van der Waals surface area contributed by atoms with Gasteiger partial charge in [0.15, 0.2) is 0 Å². The highest BCUT2D eigenvalue weighted by Gasteiger charge is 2.27. The predicted octanol–water partition coefficient (Wildman–Crippen LogP) is 3.77. The number of sulfonamides is 1. The van der Waals surface area contributed by atoms with Crippen LogP contribution >= 0.6 is 23.2 Å². The minimum atomic E-state index is -3.67. The molecule has 1 aromatic carbocycles. The van der Waals surface area contributed by atoms with Gasteiger partial charge in [0.05, 0.1) is 0 Å². The lowest BCUT2D eigenvalue weighted by Gasteiger charge is -2.25. The molecule has 1 aromatic heterocycles. The minimum Gasteiger partial charge on any atom is -0.243 e. The maximum Gasteiger partial charge on any atom is 0.244 e. The van der Waals surface area contributed by atoms with Crippen molar-refractivity contribution < 1.29 is 8.42 Å². The van der Waals surface area contributed by atoms with Gasteiger partial charge in [-0.05, 0) is 30.7 Å². The molecule has 0 N–H and O–H groups in total. The SMILES string of the molecule is CC(c1ccccc1Cl)N(C)S(=O)(=O)c1ccc(Cl)nc1. The molecule has 0 saturated carbocycles. The molecule has 2 rings (SSSR count). The number of hydrogen-bond donors (Lipinski definition) is 0. The van der Waals surface area contributed by atoms with Gasteiger partial charge in [0.1, 0.15) is 10.0 Å². The number of nitrogens with zero attached hydrogens (tertiary/aromatic N) is 2. The van der Waals surface area contributed by atoms with Crippen LogP contribution in [0.4, 0.5) is 0 Å². The molecule has 1 heterocycles. The Morgan fingerprint density at radius 2 is 1.81 bits per heavy atom. The third-order valence-corrected chi connectivity index (χ3v) is 5.76. The second kappa shape index (κ2) is 6.32. The quantitative estimate of drug-likeness (QED) is 0.793. The molecule has 1 unspecified atom stereocenters. The minimum absolute atomic E-state index is 0.0910. The molecule has 0 bridgehead atoms. The van der Waals surface area contributed by atoms with Crippen molar-refractivity contribution in [1.82, 2.24) is 9.29 Å². The molecule has 0 saturated heterocycles. The molecular weight excluding hydrogens is 331 g/mol. The molecule has 21 heavy (non-hydrogen) atoms. The summed E-state index contributed by atoms with van der Waals surface area (Å²) < 4.78 is 26.4. The molecule has 0 spiro atoms. The lowest BCUT2D eigenvalue weighted by molar-refractivity contribution is 0.398. The summed E-state index contributed by atoms with van der Waals surface area (Å²) in [6.07, 6.45) is 1.24. The third kappa shape index (κ3) is 3.37. The molecule has 7 heteroatoms. The van der Waals surface area contributed by atoms with Crippen LogP contribution in [0, 0.1) is 0 Å². The van der Waals surface area contributed by atoms with E-state index in [0.29, 0.717) is 5.02 Å². The number of benzene rings is 1. The van der Waals surface area contributed by atoms with Crippen molar-refractivity contribution in [2.24, 2.45) is 0 Å². The fourth-order valence-electron chi connectivity index (χ4n) is 1.90. The Balaban J connectivity index is 2.36. The van der Waals surface area contributed by atoms with E-state index in [2.05, 4.69) is 4.98 Å². The summed E-state index contributed by atoms with van der Waals surface area (Å²) in [5, 5.41) is 0.775. The van der Waals surface area contributed by atoms with E-state index in [1.807, 2.05) is 6.07 Å². The highest BCUT2D eigenvalue weighted by molar-refractivity contribution is 7.89. The van der Waals surface area contributed by atoms with Crippen molar-refractivity contribution >= 4 is 33.2 Å². The Morgan fingerprint density at radius 1 is 1.14 bits per heavy atom. The van der Waals surface area contributed by atoms with E-state index in [1.54, 1.807) is 25.1 Å². The first-order valence-electron chi connectivity index (χ1n) is 6.18. The number of hydrogen-bond acceptors (Lipinski definition) is 3. The smallest absolute Gasteiger partial charge is 0.243 e. The summed E-state index contributed by atoms with van der Waals surface area (Å²) >= 11 is 11.8. The van der Waals surface area contributed by atoms with Crippen molar-refractivity contribution in [3.63, 3.8) is 0 Å². The fraction of sp³-hybridized carbons (Fsp3) is 0.214. The van der Waals surface area contributed by atoms with Crippen LogP contribution in [0.15, 0.2) is 47.5 Å². The molecule has 0 amide bonds. The standard InChI is InChI=1S/C14H14Cl2N2O2S/c1-10(12-5-3-4-6-13(12)15)18(2)21(19,20)11-7-8-14(16)17-9-11/h3-10H,1-2H3. The van der Waals surface area contributed by atoms with E-state index in [1.165, 1.54) is 29.7 Å². The monoisotopic (exact) mass is 344 g/mol. The van der Waals surface area contributed by atoms with E-state index < -0.39 is 16.1 Å². The van der Waals surface area contributed by atoms with Crippen LogP contribution in [-0.4, -0.2) is 24.8 Å². The van der Waals surface area contributed by atoms with E-state index >= 15 is 0 Å². The molecule has 0 radical (unpaired) electrons. The molecular formula is C14H14Cl2N2O2S. The van der Waals surface area contributed by atoms with E-state index in [4.69, 9.17) is 23.2 Å². The first-order chi connectivity index (χ1) is 9.84. The first kappa shape index (κ1) is 16.2. The van der Waals surface area contributed by atoms with Crippen LogP contribution < -0.4 is 0 Å². The van der Waals surface area contributed by atoms with Gasteiger partial charge in [-0.15, -0.1) is 0 Å². The van der Waals surface area contributed by atoms with Gasteiger partial charge >= 0.3 is 0 Å². The Hall–Kier alpha value is -1.14. The molecule has 0 aliphatic carbocycles. The topological polar surface area (TPSA) is 50.3 Å². The van der Waals surface area contributed by atoms with Gasteiger partial charge in [-0.25, -0.2) is 13.4 Å². The van der Waals surface area contributed by atoms with Crippen LogP contribution in [0.1, 0.15) is 18.5 Å². The van der Waals surface area contributed by atoms with Gasteiger partial charge in [-0.3, -0.25) is 0 Å². The Bertz CT molecular complexity index is 733. The number of aromatic nitrogens is 1. The van der Waals surface area contributed by atoms with Gasteiger partial charge in [0.2, 0.25) is 10.0 Å². The molecule has 0 aliphatic heterocycles. The van der Waals surface area contributed by atoms with E-state index in [0.717, 1.165) is 5.56 Å². The Labute approximate surface area is 134 Å². The Kier molecular flexibility index (Phi) is 4.88. The average molecular weight is 345 g/mol. The highest BCUT2D eigenvalue weighted by atomic mass is 35.5. The summed E-state index contributed by atoms with van der Waals surface area (Å²) in [5.41, 5.74) is 0.743. The van der Waals surface area contributed by atoms with Crippen LogP contribution in [-0.2, 0) is 10.0 Å². The van der Waals surface area contributed by atoms with E-state index in [-0.39, 0.29) is 10.0 Å². The molecule has 1 atom stereocenters. The summed E-state index contributed by atoms with van der Waals surface area (Å²) in [4.78, 5) is 3.90. The van der Waals surface area contributed by atoms with Crippen molar-refractivity contribution in [2.45, 2.75) is 17.9 Å². The van der Waals surface area contributed by atoms with Crippen LogP contribution in [0.25, 0.3) is 0 Å². The van der Waals surface area contributed by atoms with Gasteiger partial charge < -0.3 is 0 Å². The lowest BCUT2D eigenvalue weighted by Crippen LogP contribution is -2.30. The maximum absolute atomic E-state index is 12.6. The normalized spacial score (nSPS) is 13.4. The molecule has 112 valence electrons.